The van der Waals surface area contributed by atoms with Crippen LogP contribution in [0.25, 0.3) is 0 Å². The summed E-state index contributed by atoms with van der Waals surface area (Å²) < 4.78 is 33.6. The van der Waals surface area contributed by atoms with Crippen LogP contribution in [0.4, 0.5) is 0 Å². The van der Waals surface area contributed by atoms with Crippen LogP contribution in [0, 0.1) is 0 Å². The van der Waals surface area contributed by atoms with Crippen molar-refractivity contribution in [2.75, 3.05) is 13.2 Å². The number of aryl methyl sites for hydroxylation is 1. The van der Waals surface area contributed by atoms with Gasteiger partial charge in [-0.3, -0.25) is 0 Å². The summed E-state index contributed by atoms with van der Waals surface area (Å²) in [6.45, 7) is 4.92. The van der Waals surface area contributed by atoms with Crippen molar-refractivity contribution < 1.29 is 13.2 Å². The van der Waals surface area contributed by atoms with E-state index in [-0.39, 0.29) is 12.1 Å². The molecule has 0 N–H and O–H groups in total. The van der Waals surface area contributed by atoms with Gasteiger partial charge in [0.1, 0.15) is 0 Å². The maximum Gasteiger partial charge on any atom is 0.243 e. The molecule has 4 nitrogen and oxygen atoms in total. The van der Waals surface area contributed by atoms with Gasteiger partial charge in [0.05, 0.1) is 17.6 Å². The molecule has 2 unspecified atom stereocenters. The van der Waals surface area contributed by atoms with Crippen molar-refractivity contribution in [2.45, 2.75) is 37.3 Å². The first-order valence-electron chi connectivity index (χ1n) is 8.30. The smallest absolute Gasteiger partial charge is 0.243 e. The molecule has 0 spiro atoms. The molecule has 3 rings (SSSR count). The molecule has 0 aromatic heterocycles. The Labute approximate surface area is 144 Å². The first kappa shape index (κ1) is 17.1. The lowest BCUT2D eigenvalue weighted by molar-refractivity contribution is 0.295. The van der Waals surface area contributed by atoms with E-state index < -0.39 is 10.0 Å². The number of hydrogen-bond acceptors (Lipinski definition) is 3. The van der Waals surface area contributed by atoms with Crippen molar-refractivity contribution in [1.29, 1.82) is 0 Å². The molecular formula is C19H23NO3S. The highest BCUT2D eigenvalue weighted by atomic mass is 32.2. The summed E-state index contributed by atoms with van der Waals surface area (Å²) >= 11 is 0. The Hall–Kier alpha value is -1.69. The van der Waals surface area contributed by atoms with Gasteiger partial charge in [0.2, 0.25) is 10.0 Å². The molecule has 0 amide bonds. The fraction of sp³-hybridized carbons (Fsp3) is 0.368. The molecule has 1 saturated heterocycles. The maximum atomic E-state index is 13.4. The highest BCUT2D eigenvalue weighted by Crippen LogP contribution is 2.31. The predicted molar refractivity (Wildman–Crippen MR) is 94.3 cm³/mol. The van der Waals surface area contributed by atoms with Gasteiger partial charge in [0, 0.05) is 12.6 Å². The summed E-state index contributed by atoms with van der Waals surface area (Å²) in [5.41, 5.74) is 1.83. The maximum absolute atomic E-state index is 13.4. The number of sulfonamides is 1. The molecule has 2 atom stereocenters. The van der Waals surface area contributed by atoms with Crippen LogP contribution in [0.2, 0.25) is 0 Å². The van der Waals surface area contributed by atoms with Crippen LogP contribution in [0.15, 0.2) is 59.5 Å². The lowest BCUT2D eigenvalue weighted by Crippen LogP contribution is -2.37. The fourth-order valence-electron chi connectivity index (χ4n) is 2.91. The summed E-state index contributed by atoms with van der Waals surface area (Å²) in [4.78, 5) is 0.399. The third kappa shape index (κ3) is 3.53. The van der Waals surface area contributed by atoms with Gasteiger partial charge in [-0.15, -0.1) is 0 Å². The average molecular weight is 345 g/mol. The van der Waals surface area contributed by atoms with Gasteiger partial charge in [-0.2, -0.15) is 4.31 Å². The summed E-state index contributed by atoms with van der Waals surface area (Å²) in [7, 11) is -3.59. The van der Waals surface area contributed by atoms with Crippen molar-refractivity contribution >= 4 is 10.0 Å². The zero-order valence-electron chi connectivity index (χ0n) is 14.1. The quantitative estimate of drug-likeness (QED) is 0.723. The number of epoxide rings is 1. The van der Waals surface area contributed by atoms with Crippen molar-refractivity contribution in [3.8, 4) is 0 Å². The lowest BCUT2D eigenvalue weighted by Gasteiger charge is -2.29. The second-order valence-electron chi connectivity index (χ2n) is 6.08. The molecule has 1 aliphatic heterocycles. The topological polar surface area (TPSA) is 49.9 Å². The molecule has 1 fully saturated rings. The Morgan fingerprint density at radius 1 is 1.12 bits per heavy atom. The van der Waals surface area contributed by atoms with Crippen molar-refractivity contribution in [3.05, 3.63) is 65.7 Å². The van der Waals surface area contributed by atoms with Crippen LogP contribution < -0.4 is 0 Å². The molecular weight excluding hydrogens is 322 g/mol. The molecule has 24 heavy (non-hydrogen) atoms. The molecule has 1 aliphatic rings. The van der Waals surface area contributed by atoms with Gasteiger partial charge in [-0.05, 0) is 30.5 Å². The van der Waals surface area contributed by atoms with Crippen LogP contribution >= 0.6 is 0 Å². The minimum Gasteiger partial charge on any atom is -0.372 e. The van der Waals surface area contributed by atoms with Crippen molar-refractivity contribution in [1.82, 2.24) is 4.31 Å². The van der Waals surface area contributed by atoms with Crippen LogP contribution in [0.3, 0.4) is 0 Å². The molecule has 2 aromatic rings. The number of ether oxygens (including phenoxy) is 1. The molecule has 0 bridgehead atoms. The first-order chi connectivity index (χ1) is 11.5. The molecule has 0 aliphatic carbocycles. The normalized spacial score (nSPS) is 18.5. The Morgan fingerprint density at radius 2 is 1.75 bits per heavy atom. The zero-order valence-corrected chi connectivity index (χ0v) is 14.9. The van der Waals surface area contributed by atoms with Crippen LogP contribution in [0.1, 0.15) is 31.0 Å². The van der Waals surface area contributed by atoms with E-state index in [2.05, 4.69) is 0 Å². The van der Waals surface area contributed by atoms with Crippen LogP contribution in [0.5, 0.6) is 0 Å². The van der Waals surface area contributed by atoms with E-state index in [0.717, 1.165) is 11.1 Å². The van der Waals surface area contributed by atoms with Gasteiger partial charge in [0.15, 0.2) is 0 Å². The Balaban J connectivity index is 2.01. The standard InChI is InChI=1S/C19H23NO3S/c1-3-16-9-7-8-12-19(16)24(21,22)20(13-18-14-23-18)15(2)17-10-5-4-6-11-17/h4-12,15,18H,3,13-14H2,1-2H3. The first-order valence-corrected chi connectivity index (χ1v) is 9.74. The van der Waals surface area contributed by atoms with Crippen LogP contribution in [-0.4, -0.2) is 32.0 Å². The third-order valence-corrected chi connectivity index (χ3v) is 6.48. The fourth-order valence-corrected chi connectivity index (χ4v) is 4.86. The summed E-state index contributed by atoms with van der Waals surface area (Å²) in [5.74, 6) is 0. The SMILES string of the molecule is CCc1ccccc1S(=O)(=O)N(CC1CO1)C(C)c1ccccc1. The van der Waals surface area contributed by atoms with E-state index >= 15 is 0 Å². The number of benzene rings is 2. The Morgan fingerprint density at radius 3 is 2.38 bits per heavy atom. The monoisotopic (exact) mass is 345 g/mol. The van der Waals surface area contributed by atoms with Gasteiger partial charge in [0.25, 0.3) is 0 Å². The largest absolute Gasteiger partial charge is 0.372 e. The minimum absolute atomic E-state index is 0.000254. The Kier molecular flexibility index (Phi) is 5.04. The van der Waals surface area contributed by atoms with Gasteiger partial charge >= 0.3 is 0 Å². The third-order valence-electron chi connectivity index (χ3n) is 4.44. The molecule has 2 aromatic carbocycles. The van der Waals surface area contributed by atoms with Gasteiger partial charge in [-0.1, -0.05) is 55.5 Å². The minimum atomic E-state index is -3.59. The Bertz CT molecular complexity index is 785. The van der Waals surface area contributed by atoms with Crippen molar-refractivity contribution in [3.63, 3.8) is 0 Å². The molecule has 5 heteroatoms. The van der Waals surface area contributed by atoms with E-state index in [0.29, 0.717) is 24.5 Å². The molecule has 1 heterocycles. The van der Waals surface area contributed by atoms with Gasteiger partial charge in [-0.25, -0.2) is 8.42 Å². The van der Waals surface area contributed by atoms with E-state index in [4.69, 9.17) is 4.74 Å². The van der Waals surface area contributed by atoms with E-state index in [1.807, 2.05) is 56.3 Å². The lowest BCUT2D eigenvalue weighted by atomic mass is 10.1. The van der Waals surface area contributed by atoms with E-state index in [9.17, 15) is 8.42 Å². The number of hydrogen-bond donors (Lipinski definition) is 0. The average Bonchev–Trinajstić information content (AvgIpc) is 3.44. The number of rotatable bonds is 7. The highest BCUT2D eigenvalue weighted by Gasteiger charge is 2.36. The van der Waals surface area contributed by atoms with Gasteiger partial charge < -0.3 is 4.74 Å². The van der Waals surface area contributed by atoms with Crippen LogP contribution in [-0.2, 0) is 21.2 Å². The second kappa shape index (κ2) is 7.05. The summed E-state index contributed by atoms with van der Waals surface area (Å²) in [6.07, 6.45) is 0.683. The van der Waals surface area contributed by atoms with E-state index in [1.54, 1.807) is 16.4 Å². The summed E-state index contributed by atoms with van der Waals surface area (Å²) in [5, 5.41) is 0. The summed E-state index contributed by atoms with van der Waals surface area (Å²) in [6, 6.07) is 16.7. The molecule has 0 radical (unpaired) electrons. The number of nitrogens with zero attached hydrogens (tertiary/aromatic N) is 1. The highest BCUT2D eigenvalue weighted by molar-refractivity contribution is 7.89. The zero-order chi connectivity index (χ0) is 17.2. The molecule has 0 saturated carbocycles. The predicted octanol–water partition coefficient (Wildman–Crippen LogP) is 3.40. The second-order valence-corrected chi connectivity index (χ2v) is 7.94. The molecule has 128 valence electrons. The van der Waals surface area contributed by atoms with Crippen molar-refractivity contribution in [2.24, 2.45) is 0 Å². The van der Waals surface area contributed by atoms with E-state index in [1.165, 1.54) is 0 Å².